The zero-order valence-electron chi connectivity index (χ0n) is 12.8. The summed E-state index contributed by atoms with van der Waals surface area (Å²) >= 11 is 0. The second kappa shape index (κ2) is 8.70. The molecule has 2 rings (SSSR count). The maximum absolute atomic E-state index is 11.0. The van der Waals surface area contributed by atoms with Crippen molar-refractivity contribution in [1.29, 1.82) is 0 Å². The zero-order chi connectivity index (χ0) is 16.5. The molecule has 0 spiro atoms. The lowest BCUT2D eigenvalue weighted by Crippen LogP contribution is -2.28. The van der Waals surface area contributed by atoms with E-state index in [9.17, 15) is 9.59 Å². The highest BCUT2D eigenvalue weighted by Gasteiger charge is 2.14. The molecular formula is C18H18O5. The lowest BCUT2D eigenvalue weighted by Gasteiger charge is -2.20. The Hall–Kier alpha value is -2.66. The summed E-state index contributed by atoms with van der Waals surface area (Å²) in [6.07, 6.45) is 0.759. The molecule has 2 aromatic rings. The van der Waals surface area contributed by atoms with Crippen molar-refractivity contribution in [3.8, 4) is 11.5 Å². The largest absolute Gasteiger partial charge is 0.486 e. The number of para-hydroxylation sites is 2. The van der Waals surface area contributed by atoms with Crippen LogP contribution in [-0.2, 0) is 4.74 Å². The summed E-state index contributed by atoms with van der Waals surface area (Å²) in [5.74, 6) is 0.882. The summed E-state index contributed by atoms with van der Waals surface area (Å²) in [4.78, 5) is 22.0. The first kappa shape index (κ1) is 16.7. The van der Waals surface area contributed by atoms with Crippen LogP contribution in [0.25, 0.3) is 0 Å². The first-order valence-electron chi connectivity index (χ1n) is 7.28. The quantitative estimate of drug-likeness (QED) is 0.525. The van der Waals surface area contributed by atoms with Crippen LogP contribution >= 0.6 is 0 Å². The average molecular weight is 314 g/mol. The fourth-order valence-corrected chi connectivity index (χ4v) is 2.00. The molecule has 120 valence electrons. The molecule has 1 unspecified atom stereocenters. The minimum absolute atomic E-state index is 0.0892. The molecular weight excluding hydrogens is 296 g/mol. The average Bonchev–Trinajstić information content (AvgIpc) is 2.60. The summed E-state index contributed by atoms with van der Waals surface area (Å²) < 4.78 is 16.8. The van der Waals surface area contributed by atoms with Crippen molar-refractivity contribution in [2.45, 2.75) is 13.2 Å². The standard InChI is InChI=1S/C18H18O5/c1-2-21-18(23-17-10-6-4-8-15(17)12-20)13-22-16-9-5-3-7-14(16)11-19/h3-12,18H,2,13H2,1H3. The molecule has 0 aromatic heterocycles. The van der Waals surface area contributed by atoms with Crippen molar-refractivity contribution in [3.63, 3.8) is 0 Å². The number of carbonyl (C=O) groups is 2. The summed E-state index contributed by atoms with van der Waals surface area (Å²) in [7, 11) is 0. The highest BCUT2D eigenvalue weighted by Crippen LogP contribution is 2.20. The molecule has 0 aliphatic heterocycles. The van der Waals surface area contributed by atoms with E-state index in [1.807, 2.05) is 6.92 Å². The Balaban J connectivity index is 2.06. The van der Waals surface area contributed by atoms with E-state index >= 15 is 0 Å². The fraction of sp³-hybridized carbons (Fsp3) is 0.222. The third kappa shape index (κ3) is 4.66. The van der Waals surface area contributed by atoms with Gasteiger partial charge in [-0.3, -0.25) is 9.59 Å². The Kier molecular flexibility index (Phi) is 6.32. The monoisotopic (exact) mass is 314 g/mol. The highest BCUT2D eigenvalue weighted by atomic mass is 16.7. The molecule has 0 radical (unpaired) electrons. The van der Waals surface area contributed by atoms with E-state index in [4.69, 9.17) is 14.2 Å². The summed E-state index contributed by atoms with van der Waals surface area (Å²) in [6, 6.07) is 13.8. The topological polar surface area (TPSA) is 61.8 Å². The first-order chi connectivity index (χ1) is 11.3. The van der Waals surface area contributed by atoms with Crippen LogP contribution in [0.4, 0.5) is 0 Å². The van der Waals surface area contributed by atoms with Gasteiger partial charge in [0, 0.05) is 6.61 Å². The van der Waals surface area contributed by atoms with Gasteiger partial charge in [-0.2, -0.15) is 0 Å². The number of carbonyl (C=O) groups excluding carboxylic acids is 2. The van der Waals surface area contributed by atoms with Gasteiger partial charge in [-0.1, -0.05) is 24.3 Å². The molecule has 0 amide bonds. The normalized spacial score (nSPS) is 11.5. The maximum atomic E-state index is 11.0. The van der Waals surface area contributed by atoms with Crippen LogP contribution in [0.1, 0.15) is 27.6 Å². The van der Waals surface area contributed by atoms with Crippen LogP contribution in [0, 0.1) is 0 Å². The van der Waals surface area contributed by atoms with Crippen LogP contribution in [0.3, 0.4) is 0 Å². The fourth-order valence-electron chi connectivity index (χ4n) is 2.00. The second-order valence-corrected chi connectivity index (χ2v) is 4.63. The van der Waals surface area contributed by atoms with Gasteiger partial charge in [0.05, 0.1) is 11.1 Å². The van der Waals surface area contributed by atoms with Crippen molar-refractivity contribution in [2.75, 3.05) is 13.2 Å². The number of hydrogen-bond acceptors (Lipinski definition) is 5. The zero-order valence-corrected chi connectivity index (χ0v) is 12.8. The third-order valence-corrected chi connectivity index (χ3v) is 3.08. The van der Waals surface area contributed by atoms with Crippen LogP contribution in [0.2, 0.25) is 0 Å². The van der Waals surface area contributed by atoms with E-state index < -0.39 is 6.29 Å². The minimum Gasteiger partial charge on any atom is -0.486 e. The highest BCUT2D eigenvalue weighted by molar-refractivity contribution is 5.79. The predicted octanol–water partition coefficient (Wildman–Crippen LogP) is 3.13. The van der Waals surface area contributed by atoms with Crippen LogP contribution in [0.5, 0.6) is 11.5 Å². The van der Waals surface area contributed by atoms with E-state index in [-0.39, 0.29) is 6.61 Å². The molecule has 0 fully saturated rings. The Morgan fingerprint density at radius 2 is 1.48 bits per heavy atom. The van der Waals surface area contributed by atoms with E-state index in [1.54, 1.807) is 48.5 Å². The summed E-state index contributed by atoms with van der Waals surface area (Å²) in [6.45, 7) is 2.35. The van der Waals surface area contributed by atoms with Gasteiger partial charge in [0.2, 0.25) is 6.29 Å². The van der Waals surface area contributed by atoms with Crippen LogP contribution in [-0.4, -0.2) is 32.1 Å². The van der Waals surface area contributed by atoms with Gasteiger partial charge in [-0.15, -0.1) is 0 Å². The van der Waals surface area contributed by atoms with E-state index in [0.717, 1.165) is 12.6 Å². The van der Waals surface area contributed by atoms with Gasteiger partial charge >= 0.3 is 0 Å². The Labute approximate surface area is 134 Å². The molecule has 0 saturated carbocycles. The van der Waals surface area contributed by atoms with Gasteiger partial charge in [0.1, 0.15) is 11.5 Å². The molecule has 0 aliphatic rings. The Morgan fingerprint density at radius 3 is 2.09 bits per heavy atom. The maximum Gasteiger partial charge on any atom is 0.234 e. The lowest BCUT2D eigenvalue weighted by molar-refractivity contribution is -0.0973. The van der Waals surface area contributed by atoms with Crippen molar-refractivity contribution in [2.24, 2.45) is 0 Å². The van der Waals surface area contributed by atoms with E-state index in [2.05, 4.69) is 0 Å². The smallest absolute Gasteiger partial charge is 0.234 e. The number of benzene rings is 2. The molecule has 5 heteroatoms. The van der Waals surface area contributed by atoms with Crippen molar-refractivity contribution < 1.29 is 23.8 Å². The molecule has 1 atom stereocenters. The number of ether oxygens (including phenoxy) is 3. The van der Waals surface area contributed by atoms with E-state index in [1.165, 1.54) is 0 Å². The number of hydrogen-bond donors (Lipinski definition) is 0. The van der Waals surface area contributed by atoms with Crippen molar-refractivity contribution in [3.05, 3.63) is 59.7 Å². The summed E-state index contributed by atoms with van der Waals surface area (Å²) in [5.41, 5.74) is 0.890. The Bertz CT molecular complexity index is 653. The molecule has 0 bridgehead atoms. The van der Waals surface area contributed by atoms with Crippen molar-refractivity contribution >= 4 is 12.6 Å². The van der Waals surface area contributed by atoms with Gasteiger partial charge < -0.3 is 14.2 Å². The molecule has 2 aromatic carbocycles. The van der Waals surface area contributed by atoms with Gasteiger partial charge in [-0.05, 0) is 31.2 Å². The Morgan fingerprint density at radius 1 is 0.913 bits per heavy atom. The summed E-state index contributed by atoms with van der Waals surface area (Å²) in [5, 5.41) is 0. The second-order valence-electron chi connectivity index (χ2n) is 4.63. The first-order valence-corrected chi connectivity index (χ1v) is 7.28. The number of rotatable bonds is 9. The van der Waals surface area contributed by atoms with Crippen molar-refractivity contribution in [1.82, 2.24) is 0 Å². The molecule has 0 aliphatic carbocycles. The van der Waals surface area contributed by atoms with E-state index in [0.29, 0.717) is 29.2 Å². The number of aldehydes is 2. The van der Waals surface area contributed by atoms with Crippen LogP contribution < -0.4 is 9.47 Å². The van der Waals surface area contributed by atoms with Crippen LogP contribution in [0.15, 0.2) is 48.5 Å². The SMILES string of the molecule is CCOC(COc1ccccc1C=O)Oc1ccccc1C=O. The van der Waals surface area contributed by atoms with Gasteiger partial charge in [-0.25, -0.2) is 0 Å². The van der Waals surface area contributed by atoms with Gasteiger partial charge in [0.25, 0.3) is 0 Å². The molecule has 0 heterocycles. The third-order valence-electron chi connectivity index (χ3n) is 3.08. The lowest BCUT2D eigenvalue weighted by atomic mass is 10.2. The molecule has 23 heavy (non-hydrogen) atoms. The molecule has 5 nitrogen and oxygen atoms in total. The molecule has 0 saturated heterocycles. The molecule has 0 N–H and O–H groups in total. The minimum atomic E-state index is -0.694. The van der Waals surface area contributed by atoms with Gasteiger partial charge in [0.15, 0.2) is 19.2 Å². The predicted molar refractivity (Wildman–Crippen MR) is 85.2 cm³/mol.